The molecule has 0 aromatic heterocycles. The standard InChI is InChI=1S/C10H14N2O2S/c1-12(8-6-7-8)15(13,14)10-5-3-2-4-9(10)11/h2-5,8H,6-7,11H2,1H3. The second-order valence-electron chi connectivity index (χ2n) is 3.79. The molecule has 0 atom stereocenters. The molecule has 2 N–H and O–H groups in total. The third-order valence-corrected chi connectivity index (χ3v) is 4.62. The van der Waals surface area contributed by atoms with Crippen molar-refractivity contribution in [1.29, 1.82) is 0 Å². The van der Waals surface area contributed by atoms with Crippen molar-refractivity contribution < 1.29 is 8.42 Å². The molecule has 1 aliphatic rings. The number of rotatable bonds is 3. The first-order chi connectivity index (χ1) is 7.03. The van der Waals surface area contributed by atoms with Crippen LogP contribution in [0.5, 0.6) is 0 Å². The summed E-state index contributed by atoms with van der Waals surface area (Å²) in [5.74, 6) is 0. The van der Waals surface area contributed by atoms with Gasteiger partial charge < -0.3 is 5.73 Å². The average molecular weight is 226 g/mol. The molecule has 0 bridgehead atoms. The minimum Gasteiger partial charge on any atom is -0.398 e. The lowest BCUT2D eigenvalue weighted by molar-refractivity contribution is 0.464. The molecule has 5 heteroatoms. The first-order valence-electron chi connectivity index (χ1n) is 4.86. The van der Waals surface area contributed by atoms with Gasteiger partial charge >= 0.3 is 0 Å². The van der Waals surface area contributed by atoms with E-state index < -0.39 is 10.0 Å². The average Bonchev–Trinajstić information content (AvgIpc) is 3.00. The van der Waals surface area contributed by atoms with Gasteiger partial charge in [0.2, 0.25) is 10.0 Å². The normalized spacial score (nSPS) is 16.9. The Bertz CT molecular complexity index is 466. The highest BCUT2D eigenvalue weighted by molar-refractivity contribution is 7.89. The van der Waals surface area contributed by atoms with E-state index in [0.29, 0.717) is 5.69 Å². The monoisotopic (exact) mass is 226 g/mol. The number of hydrogen-bond donors (Lipinski definition) is 1. The zero-order valence-corrected chi connectivity index (χ0v) is 9.37. The quantitative estimate of drug-likeness (QED) is 0.784. The Hall–Kier alpha value is -1.07. The molecule has 1 aromatic rings. The van der Waals surface area contributed by atoms with Crippen LogP contribution in [-0.4, -0.2) is 25.8 Å². The van der Waals surface area contributed by atoms with E-state index in [1.165, 1.54) is 4.31 Å². The number of sulfonamides is 1. The Morgan fingerprint density at radius 3 is 2.47 bits per heavy atom. The van der Waals surface area contributed by atoms with Crippen LogP contribution in [0, 0.1) is 0 Å². The Kier molecular flexibility index (Phi) is 2.44. The van der Waals surface area contributed by atoms with Crippen LogP contribution in [0.4, 0.5) is 5.69 Å². The zero-order chi connectivity index (χ0) is 11.1. The smallest absolute Gasteiger partial charge is 0.245 e. The van der Waals surface area contributed by atoms with Crippen molar-refractivity contribution in [3.05, 3.63) is 24.3 Å². The highest BCUT2D eigenvalue weighted by Gasteiger charge is 2.35. The van der Waals surface area contributed by atoms with Crippen LogP contribution in [0.15, 0.2) is 29.2 Å². The van der Waals surface area contributed by atoms with Crippen LogP contribution < -0.4 is 5.73 Å². The van der Waals surface area contributed by atoms with Gasteiger partial charge in [0, 0.05) is 13.1 Å². The van der Waals surface area contributed by atoms with Crippen molar-refractivity contribution in [3.8, 4) is 0 Å². The molecule has 1 aliphatic carbocycles. The summed E-state index contributed by atoms with van der Waals surface area (Å²) in [6.45, 7) is 0. The molecular formula is C10H14N2O2S. The largest absolute Gasteiger partial charge is 0.398 e. The minimum atomic E-state index is -3.40. The predicted octanol–water partition coefficient (Wildman–Crippen LogP) is 1.05. The SMILES string of the molecule is CN(C1CC1)S(=O)(=O)c1ccccc1N. The van der Waals surface area contributed by atoms with E-state index in [9.17, 15) is 8.42 Å². The highest BCUT2D eigenvalue weighted by Crippen LogP contribution is 2.31. The van der Waals surface area contributed by atoms with Crippen LogP contribution in [-0.2, 0) is 10.0 Å². The Labute approximate surface area is 89.7 Å². The van der Waals surface area contributed by atoms with Gasteiger partial charge in [-0.15, -0.1) is 0 Å². The molecule has 1 fully saturated rings. The van der Waals surface area contributed by atoms with Gasteiger partial charge in [-0.25, -0.2) is 8.42 Å². The molecular weight excluding hydrogens is 212 g/mol. The molecule has 4 nitrogen and oxygen atoms in total. The number of nitrogens with zero attached hydrogens (tertiary/aromatic N) is 1. The second-order valence-corrected chi connectivity index (χ2v) is 5.76. The van der Waals surface area contributed by atoms with Gasteiger partial charge in [0.25, 0.3) is 0 Å². The Balaban J connectivity index is 2.41. The second kappa shape index (κ2) is 3.50. The fourth-order valence-electron chi connectivity index (χ4n) is 1.50. The third-order valence-electron chi connectivity index (χ3n) is 2.64. The fourth-order valence-corrected chi connectivity index (χ4v) is 3.03. The molecule has 0 unspecified atom stereocenters. The van der Waals surface area contributed by atoms with Gasteiger partial charge in [-0.05, 0) is 25.0 Å². The van der Waals surface area contributed by atoms with Gasteiger partial charge in [-0.2, -0.15) is 4.31 Å². The molecule has 82 valence electrons. The number of anilines is 1. The summed E-state index contributed by atoms with van der Waals surface area (Å²) in [6.07, 6.45) is 1.89. The van der Waals surface area contributed by atoms with Crippen molar-refractivity contribution in [2.75, 3.05) is 12.8 Å². The van der Waals surface area contributed by atoms with Gasteiger partial charge in [0.15, 0.2) is 0 Å². The molecule has 2 rings (SSSR count). The van der Waals surface area contributed by atoms with Crippen LogP contribution in [0.1, 0.15) is 12.8 Å². The van der Waals surface area contributed by atoms with E-state index in [1.807, 2.05) is 0 Å². The molecule has 0 amide bonds. The molecule has 1 aromatic carbocycles. The van der Waals surface area contributed by atoms with Crippen molar-refractivity contribution in [3.63, 3.8) is 0 Å². The summed E-state index contributed by atoms with van der Waals surface area (Å²) in [6, 6.07) is 6.72. The Morgan fingerprint density at radius 2 is 1.93 bits per heavy atom. The number of para-hydroxylation sites is 1. The van der Waals surface area contributed by atoms with E-state index >= 15 is 0 Å². The minimum absolute atomic E-state index is 0.162. The lowest BCUT2D eigenvalue weighted by Crippen LogP contribution is -2.29. The van der Waals surface area contributed by atoms with Crippen molar-refractivity contribution in [1.82, 2.24) is 4.31 Å². The highest BCUT2D eigenvalue weighted by atomic mass is 32.2. The lowest BCUT2D eigenvalue weighted by Gasteiger charge is -2.17. The van der Waals surface area contributed by atoms with E-state index in [0.717, 1.165) is 12.8 Å². The molecule has 1 saturated carbocycles. The molecule has 0 saturated heterocycles. The lowest BCUT2D eigenvalue weighted by atomic mass is 10.3. The van der Waals surface area contributed by atoms with E-state index in [4.69, 9.17) is 5.73 Å². The summed E-state index contributed by atoms with van der Waals surface area (Å²) in [5.41, 5.74) is 5.97. The van der Waals surface area contributed by atoms with Crippen molar-refractivity contribution >= 4 is 15.7 Å². The van der Waals surface area contributed by atoms with Crippen LogP contribution >= 0.6 is 0 Å². The summed E-state index contributed by atoms with van der Waals surface area (Å²) in [4.78, 5) is 0.208. The summed E-state index contributed by atoms with van der Waals surface area (Å²) >= 11 is 0. The van der Waals surface area contributed by atoms with Gasteiger partial charge in [-0.3, -0.25) is 0 Å². The third kappa shape index (κ3) is 1.85. The van der Waals surface area contributed by atoms with Crippen molar-refractivity contribution in [2.24, 2.45) is 0 Å². The van der Waals surface area contributed by atoms with Crippen LogP contribution in [0.3, 0.4) is 0 Å². The number of nitrogen functional groups attached to an aromatic ring is 1. The van der Waals surface area contributed by atoms with Gasteiger partial charge in [-0.1, -0.05) is 12.1 Å². The van der Waals surface area contributed by atoms with Crippen molar-refractivity contribution in [2.45, 2.75) is 23.8 Å². The molecule has 0 spiro atoms. The van der Waals surface area contributed by atoms with Crippen LogP contribution in [0.25, 0.3) is 0 Å². The maximum absolute atomic E-state index is 12.1. The predicted molar refractivity (Wildman–Crippen MR) is 58.8 cm³/mol. The number of nitrogens with two attached hydrogens (primary N) is 1. The molecule has 0 heterocycles. The number of benzene rings is 1. The van der Waals surface area contributed by atoms with E-state index in [1.54, 1.807) is 31.3 Å². The van der Waals surface area contributed by atoms with E-state index in [2.05, 4.69) is 0 Å². The number of hydrogen-bond acceptors (Lipinski definition) is 3. The fraction of sp³-hybridized carbons (Fsp3) is 0.400. The topological polar surface area (TPSA) is 63.4 Å². The first kappa shape index (κ1) is 10.4. The first-order valence-corrected chi connectivity index (χ1v) is 6.30. The molecule has 0 aliphatic heterocycles. The Morgan fingerprint density at radius 1 is 1.33 bits per heavy atom. The molecule has 0 radical (unpaired) electrons. The zero-order valence-electron chi connectivity index (χ0n) is 8.55. The summed E-state index contributed by atoms with van der Waals surface area (Å²) in [5, 5.41) is 0. The van der Waals surface area contributed by atoms with Gasteiger partial charge in [0.05, 0.1) is 5.69 Å². The van der Waals surface area contributed by atoms with Gasteiger partial charge in [0.1, 0.15) is 4.90 Å². The molecule has 15 heavy (non-hydrogen) atoms. The van der Waals surface area contributed by atoms with E-state index in [-0.39, 0.29) is 10.9 Å². The summed E-state index contributed by atoms with van der Waals surface area (Å²) < 4.78 is 25.6. The van der Waals surface area contributed by atoms with Crippen LogP contribution in [0.2, 0.25) is 0 Å². The maximum atomic E-state index is 12.1. The summed E-state index contributed by atoms with van der Waals surface area (Å²) in [7, 11) is -1.79. The maximum Gasteiger partial charge on any atom is 0.245 e.